The van der Waals surface area contributed by atoms with Gasteiger partial charge in [0, 0.05) is 56.8 Å². The fraction of sp³-hybridized carbons (Fsp3) is 0.375. The van der Waals surface area contributed by atoms with E-state index in [1.165, 1.54) is 7.05 Å². The first-order valence-corrected chi connectivity index (χ1v) is 17.3. The van der Waals surface area contributed by atoms with Crippen LogP contribution < -0.4 is 20.9 Å². The highest BCUT2D eigenvalue weighted by Gasteiger charge is 2.35. The van der Waals surface area contributed by atoms with Crippen LogP contribution in [0.4, 0.5) is 22.9 Å². The monoisotopic (exact) mass is 656 g/mol. The lowest BCUT2D eigenvalue weighted by Crippen LogP contribution is -2.48. The number of aromatic nitrogens is 5. The van der Waals surface area contributed by atoms with Gasteiger partial charge in [0.25, 0.3) is 5.91 Å². The molecule has 244 valence electrons. The van der Waals surface area contributed by atoms with E-state index in [1.807, 2.05) is 31.4 Å². The van der Waals surface area contributed by atoms with Crippen LogP contribution in [0, 0.1) is 5.92 Å². The number of amides is 2. The number of anilines is 4. The Morgan fingerprint density at radius 2 is 1.81 bits per heavy atom. The van der Waals surface area contributed by atoms with Gasteiger partial charge >= 0.3 is 0 Å². The molecule has 47 heavy (non-hydrogen) atoms. The Hall–Kier alpha value is -4.89. The number of para-hydroxylation sites is 1. The number of carbonyl (C=O) groups is 2. The highest BCUT2D eigenvalue weighted by molar-refractivity contribution is 7.91. The van der Waals surface area contributed by atoms with Crippen molar-refractivity contribution in [2.75, 3.05) is 48.5 Å². The van der Waals surface area contributed by atoms with Crippen molar-refractivity contribution in [3.05, 3.63) is 65.7 Å². The topological polar surface area (TPSA) is 167 Å². The predicted octanol–water partition coefficient (Wildman–Crippen LogP) is 2.99. The van der Waals surface area contributed by atoms with Gasteiger partial charge in [0.05, 0.1) is 53.0 Å². The van der Waals surface area contributed by atoms with Crippen LogP contribution in [0.3, 0.4) is 0 Å². The number of nitrogens with zero attached hydrogens (tertiary/aromatic N) is 7. The van der Waals surface area contributed by atoms with Crippen molar-refractivity contribution in [1.82, 2.24) is 35.2 Å². The third kappa shape index (κ3) is 5.91. The number of fused-ring (bicyclic) bond motifs is 3. The summed E-state index contributed by atoms with van der Waals surface area (Å²) in [6.07, 6.45) is 3.63. The van der Waals surface area contributed by atoms with Crippen molar-refractivity contribution < 1.29 is 18.0 Å². The number of benzene rings is 1. The van der Waals surface area contributed by atoms with Crippen molar-refractivity contribution in [1.29, 1.82) is 0 Å². The molecule has 3 aromatic heterocycles. The van der Waals surface area contributed by atoms with Crippen molar-refractivity contribution in [2.45, 2.75) is 43.9 Å². The maximum absolute atomic E-state index is 12.7. The van der Waals surface area contributed by atoms with Crippen molar-refractivity contribution >= 4 is 44.5 Å². The molecule has 0 spiro atoms. The summed E-state index contributed by atoms with van der Waals surface area (Å²) in [6, 6.07) is 12.9. The molecule has 1 saturated heterocycles. The Bertz CT molecular complexity index is 1990. The first kappa shape index (κ1) is 30.7. The second-order valence-electron chi connectivity index (χ2n) is 12.2. The van der Waals surface area contributed by atoms with Gasteiger partial charge in [0.15, 0.2) is 26.4 Å². The lowest BCUT2D eigenvalue weighted by Gasteiger charge is -2.40. The Morgan fingerprint density at radius 3 is 2.55 bits per heavy atom. The number of carbonyl (C=O) groups excluding carboxylic acids is 2. The minimum atomic E-state index is -3.36. The summed E-state index contributed by atoms with van der Waals surface area (Å²) in [5.41, 5.74) is 6.15. The molecule has 1 aromatic carbocycles. The van der Waals surface area contributed by atoms with Gasteiger partial charge in [-0.2, -0.15) is 5.10 Å². The molecule has 7 rings (SSSR count). The Balaban J connectivity index is 1.11. The Kier molecular flexibility index (Phi) is 7.88. The van der Waals surface area contributed by atoms with Crippen molar-refractivity contribution in [3.63, 3.8) is 0 Å². The number of rotatable bonds is 10. The smallest absolute Gasteiger partial charge is 0.273 e. The number of nitrogens with one attached hydrogen (secondary N) is 3. The second-order valence-corrected chi connectivity index (χ2v) is 14.4. The molecule has 15 heteroatoms. The second kappa shape index (κ2) is 12.0. The third-order valence-electron chi connectivity index (χ3n) is 8.85. The summed E-state index contributed by atoms with van der Waals surface area (Å²) < 4.78 is 26.7. The Morgan fingerprint density at radius 1 is 1.02 bits per heavy atom. The van der Waals surface area contributed by atoms with E-state index >= 15 is 0 Å². The van der Waals surface area contributed by atoms with Crippen LogP contribution >= 0.6 is 0 Å². The van der Waals surface area contributed by atoms with Gasteiger partial charge in [-0.15, -0.1) is 10.2 Å². The third-order valence-corrected chi connectivity index (χ3v) is 10.5. The highest BCUT2D eigenvalue weighted by Crippen LogP contribution is 2.45. The van der Waals surface area contributed by atoms with Crippen molar-refractivity contribution in [2.24, 2.45) is 5.92 Å². The molecule has 0 atom stereocenters. The number of pyridine rings is 1. The molecule has 5 heterocycles. The maximum Gasteiger partial charge on any atom is 0.273 e. The lowest BCUT2D eigenvalue weighted by atomic mass is 9.97. The van der Waals surface area contributed by atoms with Gasteiger partial charge in [0.1, 0.15) is 0 Å². The SMILES string of the molecule is CCS(=O)(=O)c1cccc(CN2CC(n3ncc4c3CN(C)c3c(Nc5cc(NC(=O)C6CC6)nnc5C(=O)NC)cccc3-4)C2)n1. The molecule has 3 N–H and O–H groups in total. The predicted molar refractivity (Wildman–Crippen MR) is 176 cm³/mol. The molecule has 2 aliphatic heterocycles. The number of hydrogen-bond acceptors (Lipinski definition) is 11. The molecule has 1 aliphatic carbocycles. The van der Waals surface area contributed by atoms with Crippen LogP contribution in [0.25, 0.3) is 11.1 Å². The molecular weight excluding hydrogens is 620 g/mol. The van der Waals surface area contributed by atoms with Crippen molar-refractivity contribution in [3.8, 4) is 11.1 Å². The summed E-state index contributed by atoms with van der Waals surface area (Å²) >= 11 is 0. The van der Waals surface area contributed by atoms with Gasteiger partial charge in [-0.25, -0.2) is 13.4 Å². The van der Waals surface area contributed by atoms with Crippen LogP contribution in [-0.2, 0) is 27.7 Å². The zero-order chi connectivity index (χ0) is 32.9. The molecule has 0 radical (unpaired) electrons. The first-order valence-electron chi connectivity index (χ1n) is 15.6. The molecule has 14 nitrogen and oxygen atoms in total. The minimum Gasteiger partial charge on any atom is -0.366 e. The van der Waals surface area contributed by atoms with E-state index in [0.717, 1.165) is 59.8 Å². The summed E-state index contributed by atoms with van der Waals surface area (Å²) in [7, 11) is 0.193. The quantitative estimate of drug-likeness (QED) is 0.230. The molecule has 2 fully saturated rings. The van der Waals surface area contributed by atoms with Crippen LogP contribution in [0.1, 0.15) is 47.7 Å². The van der Waals surface area contributed by atoms with Crippen LogP contribution in [0.15, 0.2) is 53.7 Å². The van der Waals surface area contributed by atoms with E-state index in [1.54, 1.807) is 25.1 Å². The van der Waals surface area contributed by atoms with Gasteiger partial charge in [-0.3, -0.25) is 19.2 Å². The van der Waals surface area contributed by atoms with E-state index in [2.05, 4.69) is 51.7 Å². The average Bonchev–Trinajstić information content (AvgIpc) is 3.83. The van der Waals surface area contributed by atoms with E-state index in [4.69, 9.17) is 5.10 Å². The average molecular weight is 657 g/mol. The van der Waals surface area contributed by atoms with Gasteiger partial charge in [-0.05, 0) is 31.0 Å². The van der Waals surface area contributed by atoms with Crippen LogP contribution in [-0.4, -0.2) is 83.0 Å². The number of likely N-dealkylation sites (tertiary alicyclic amines) is 1. The largest absolute Gasteiger partial charge is 0.366 e. The van der Waals surface area contributed by atoms with Gasteiger partial charge in [0.2, 0.25) is 5.91 Å². The van der Waals surface area contributed by atoms with Gasteiger partial charge < -0.3 is 20.9 Å². The first-order chi connectivity index (χ1) is 22.6. The molecule has 0 bridgehead atoms. The fourth-order valence-electron chi connectivity index (χ4n) is 6.14. The molecular formula is C32H36N10O4S. The highest BCUT2D eigenvalue weighted by atomic mass is 32.2. The zero-order valence-corrected chi connectivity index (χ0v) is 27.2. The lowest BCUT2D eigenvalue weighted by molar-refractivity contribution is -0.117. The minimum absolute atomic E-state index is 0.000470. The van der Waals surface area contributed by atoms with Gasteiger partial charge in [-0.1, -0.05) is 25.1 Å². The van der Waals surface area contributed by atoms with E-state index in [0.29, 0.717) is 18.8 Å². The zero-order valence-electron chi connectivity index (χ0n) is 26.4. The summed E-state index contributed by atoms with van der Waals surface area (Å²) in [4.78, 5) is 33.9. The molecule has 2 amide bonds. The number of sulfone groups is 1. The molecule has 3 aliphatic rings. The van der Waals surface area contributed by atoms with Crippen LogP contribution in [0.2, 0.25) is 0 Å². The molecule has 1 saturated carbocycles. The molecule has 4 aromatic rings. The van der Waals surface area contributed by atoms with E-state index in [9.17, 15) is 18.0 Å². The fourth-order valence-corrected chi connectivity index (χ4v) is 6.97. The summed E-state index contributed by atoms with van der Waals surface area (Å²) in [5.74, 6) is -0.190. The van der Waals surface area contributed by atoms with Crippen LogP contribution in [0.5, 0.6) is 0 Å². The van der Waals surface area contributed by atoms with E-state index in [-0.39, 0.29) is 40.2 Å². The normalized spacial score (nSPS) is 16.2. The standard InChI is InChI=1S/C32H36N10O4S/c1-4-47(45,46)28-10-5-7-20(35-28)15-41-16-21(17-41)42-26-18-40(3)30-22(23(26)14-34-42)8-6-9-24(30)36-25-13-27(37-31(43)19-11-12-19)38-39-29(25)32(44)33-2/h5-10,13-14,19,21H,4,11-12,15-18H2,1-3H3,(H,33,44)(H2,36,37,38,43). The summed E-state index contributed by atoms with van der Waals surface area (Å²) in [5, 5.41) is 22.0. The maximum atomic E-state index is 12.7. The Labute approximate surface area is 272 Å². The number of hydrogen-bond donors (Lipinski definition) is 3. The summed E-state index contributed by atoms with van der Waals surface area (Å²) in [6.45, 7) is 4.36. The van der Waals surface area contributed by atoms with E-state index < -0.39 is 15.7 Å². The molecule has 0 unspecified atom stereocenters.